The molecule has 0 aliphatic carbocycles. The number of halogens is 5. The van der Waals surface area contributed by atoms with Crippen molar-refractivity contribution in [3.63, 3.8) is 0 Å². The smallest absolute Gasteiger partial charge is 0.251 e. The summed E-state index contributed by atoms with van der Waals surface area (Å²) in [6, 6.07) is 12.9. The summed E-state index contributed by atoms with van der Waals surface area (Å²) in [5, 5.41) is 20.7. The zero-order valence-electron chi connectivity index (χ0n) is 38.2. The number of rotatable bonds is 12. The molecule has 4 atom stereocenters. The summed E-state index contributed by atoms with van der Waals surface area (Å²) in [5.74, 6) is 3.07. The van der Waals surface area contributed by atoms with Gasteiger partial charge >= 0.3 is 0 Å². The highest BCUT2D eigenvalue weighted by Gasteiger charge is 2.61. The molecule has 2 amide bonds. The number of hydrogen-bond acceptors (Lipinski definition) is 10. The predicted molar refractivity (Wildman–Crippen MR) is 259 cm³/mol. The monoisotopic (exact) mass is 981 g/mol. The van der Waals surface area contributed by atoms with Crippen LogP contribution in [0.3, 0.4) is 0 Å². The Bertz CT molecular complexity index is 3070. The Morgan fingerprint density at radius 3 is 2.50 bits per heavy atom. The molecule has 13 nitrogen and oxygen atoms in total. The van der Waals surface area contributed by atoms with Crippen molar-refractivity contribution in [1.82, 2.24) is 30.2 Å². The van der Waals surface area contributed by atoms with Crippen molar-refractivity contribution < 1.29 is 27.8 Å². The van der Waals surface area contributed by atoms with E-state index in [9.17, 15) is 14.9 Å². The van der Waals surface area contributed by atoms with Gasteiger partial charge in [-0.2, -0.15) is 10.2 Å². The Kier molecular flexibility index (Phi) is 14.5. The third-order valence-electron chi connectivity index (χ3n) is 12.0. The Hall–Kier alpha value is -6.49. The van der Waals surface area contributed by atoms with Crippen molar-refractivity contribution in [3.8, 4) is 29.4 Å². The maximum Gasteiger partial charge on any atom is 0.251 e. The van der Waals surface area contributed by atoms with Gasteiger partial charge in [-0.3, -0.25) is 14.6 Å². The van der Waals surface area contributed by atoms with Gasteiger partial charge in [-0.15, -0.1) is 0 Å². The molecule has 1 aliphatic heterocycles. The molecule has 3 aromatic carbocycles. The molecule has 0 saturated carbocycles. The highest BCUT2D eigenvalue weighted by Crippen LogP contribution is 2.53. The number of methoxy groups -OCH3 is 2. The number of nitrogens with zero attached hydrogens (tertiary/aromatic N) is 5. The van der Waals surface area contributed by atoms with Crippen LogP contribution in [0.4, 0.5) is 20.4 Å². The van der Waals surface area contributed by atoms with E-state index in [0.29, 0.717) is 23.1 Å². The van der Waals surface area contributed by atoms with Crippen molar-refractivity contribution >= 4 is 69.3 Å². The van der Waals surface area contributed by atoms with Gasteiger partial charge in [0.1, 0.15) is 39.3 Å². The van der Waals surface area contributed by atoms with Gasteiger partial charge in [-0.05, 0) is 67.6 Å². The topological polar surface area (TPSA) is 182 Å². The molecule has 18 heteroatoms. The highest BCUT2D eigenvalue weighted by molar-refractivity contribution is 6.34. The second-order valence-corrected chi connectivity index (χ2v) is 18.9. The molecule has 1 fully saturated rings. The van der Waals surface area contributed by atoms with Gasteiger partial charge < -0.3 is 35.7 Å². The van der Waals surface area contributed by atoms with Crippen LogP contribution in [0.25, 0.3) is 11.0 Å². The molecule has 68 heavy (non-hydrogen) atoms. The number of ether oxygens (including phenoxy) is 2. The molecule has 7 rings (SSSR count). The summed E-state index contributed by atoms with van der Waals surface area (Å²) < 4.78 is 45.3. The highest BCUT2D eigenvalue weighted by atomic mass is 35.5. The summed E-state index contributed by atoms with van der Waals surface area (Å²) >= 11 is 19.0. The molecule has 4 heterocycles. The number of pyridine rings is 1. The average Bonchev–Trinajstić information content (AvgIpc) is 3.79. The fourth-order valence-corrected chi connectivity index (χ4v) is 9.58. The number of hydrogen-bond donors (Lipinski definition) is 4. The third-order valence-corrected chi connectivity index (χ3v) is 12.8. The molecular weight excluding hydrogens is 935 g/mol. The lowest BCUT2D eigenvalue weighted by atomic mass is 9.62. The van der Waals surface area contributed by atoms with Gasteiger partial charge in [0.2, 0.25) is 11.9 Å². The molecule has 1 saturated heterocycles. The Balaban J connectivity index is 1.10. The average molecular weight is 983 g/mol. The quantitative estimate of drug-likeness (QED) is 0.0524. The fraction of sp³-hybridized carbons (Fsp3) is 0.320. The number of nitrogens with one attached hydrogen (secondary N) is 3. The first-order valence-corrected chi connectivity index (χ1v) is 22.6. The number of nitrogen functional groups attached to an aromatic ring is 1. The van der Waals surface area contributed by atoms with Crippen LogP contribution < -0.4 is 31.2 Å². The van der Waals surface area contributed by atoms with Crippen LogP contribution >= 0.6 is 34.8 Å². The molecule has 0 bridgehead atoms. The molecule has 3 aromatic heterocycles. The molecule has 0 spiro atoms. The molecule has 1 aliphatic rings. The van der Waals surface area contributed by atoms with Crippen molar-refractivity contribution in [2.24, 2.45) is 5.41 Å². The first-order chi connectivity index (χ1) is 32.3. The number of carbonyl (C=O) groups is 2. The molecule has 352 valence electrons. The largest absolute Gasteiger partial charge is 0.496 e. The minimum Gasteiger partial charge on any atom is -0.496 e. The summed E-state index contributed by atoms with van der Waals surface area (Å²) in [4.78, 5) is 41.2. The van der Waals surface area contributed by atoms with Crippen molar-refractivity contribution in [3.05, 3.63) is 133 Å². The van der Waals surface area contributed by atoms with Gasteiger partial charge in [-0.1, -0.05) is 85.6 Å². The Morgan fingerprint density at radius 2 is 1.81 bits per heavy atom. The molecular formula is C50H48Cl3F2N9O4. The minimum absolute atomic E-state index is 0.00620. The van der Waals surface area contributed by atoms with Crippen molar-refractivity contribution in [2.75, 3.05) is 31.8 Å². The third kappa shape index (κ3) is 9.76. The van der Waals surface area contributed by atoms with Crippen LogP contribution in [0.1, 0.15) is 83.4 Å². The molecule has 0 radical (unpaired) electrons. The van der Waals surface area contributed by atoms with E-state index in [1.807, 2.05) is 39.2 Å². The van der Waals surface area contributed by atoms with Crippen LogP contribution in [0, 0.1) is 54.1 Å². The lowest BCUT2D eigenvalue weighted by Gasteiger charge is -2.37. The number of benzene rings is 3. The van der Waals surface area contributed by atoms with Gasteiger partial charge in [0, 0.05) is 64.6 Å². The number of aromatic nitrogens is 4. The van der Waals surface area contributed by atoms with E-state index in [4.69, 9.17) is 50.0 Å². The van der Waals surface area contributed by atoms with E-state index in [1.165, 1.54) is 55.6 Å². The number of nitriles is 1. The molecule has 4 unspecified atom stereocenters. The van der Waals surface area contributed by atoms with Gasteiger partial charge in [0.05, 0.1) is 60.2 Å². The van der Waals surface area contributed by atoms with E-state index in [2.05, 4.69) is 48.8 Å². The standard InChI is InChI=1S/C50H48Cl3F2N9O4/c1-26-22-59-36(27(2)43(26)68-7)24-64-23-29(39-44(53)62-48(57)63-45(39)64)11-8-9-18-58-46(65)28-14-17-35(37(19-28)67-6)60-47(66)42-40(31-12-10-13-33(52)41(31)55)50(25-56,38(61-42)21-49(3,4)5)32-16-15-30(51)20-34(32)54/h10,12-17,19-20,22-23,38,40,42,61H,9,18,21,24H2,1-7H3,(H,58,65)(H,60,66)(H2,57,62,63). The number of aryl methyl sites for hydroxylation is 1. The zero-order chi connectivity index (χ0) is 49.2. The van der Waals surface area contributed by atoms with E-state index >= 15 is 8.78 Å². The van der Waals surface area contributed by atoms with Crippen LogP contribution in [-0.4, -0.2) is 64.2 Å². The second-order valence-electron chi connectivity index (χ2n) is 17.7. The van der Waals surface area contributed by atoms with Crippen LogP contribution in [0.5, 0.6) is 11.5 Å². The Labute approximate surface area is 407 Å². The SMILES string of the molecule is COc1cc(C(=O)NCCC#Cc2cn(Cc3ncc(C)c(OC)c3C)c3nc(N)nc(Cl)c23)ccc1NC(=O)C1NC(CC(C)(C)C)C(C#N)(c2ccc(Cl)cc2F)C1c1cccc(Cl)c1F. The number of fused-ring (bicyclic) bond motifs is 1. The fourth-order valence-electron chi connectivity index (χ4n) is 8.97. The molecule has 6 aromatic rings. The van der Waals surface area contributed by atoms with E-state index in [-0.39, 0.29) is 68.7 Å². The minimum atomic E-state index is -1.82. The normalized spacial score (nSPS) is 17.8. The van der Waals surface area contributed by atoms with Crippen LogP contribution in [0.15, 0.2) is 67.0 Å². The number of nitrogens with two attached hydrogens (primary N) is 1. The number of carbonyl (C=O) groups excluding carboxylic acids is 2. The summed E-state index contributed by atoms with van der Waals surface area (Å²) in [6.07, 6.45) is 4.10. The summed E-state index contributed by atoms with van der Waals surface area (Å²) in [6.45, 7) is 10.2. The van der Waals surface area contributed by atoms with Crippen LogP contribution in [0.2, 0.25) is 15.2 Å². The number of amides is 2. The molecule has 5 N–H and O–H groups in total. The lowest BCUT2D eigenvalue weighted by molar-refractivity contribution is -0.118. The first-order valence-electron chi connectivity index (χ1n) is 21.4. The lowest BCUT2D eigenvalue weighted by Crippen LogP contribution is -2.45. The summed E-state index contributed by atoms with van der Waals surface area (Å²) in [5.41, 5.74) is 7.61. The van der Waals surface area contributed by atoms with Crippen molar-refractivity contribution in [1.29, 1.82) is 5.26 Å². The number of anilines is 2. The zero-order valence-corrected chi connectivity index (χ0v) is 40.5. The van der Waals surface area contributed by atoms with Gasteiger partial charge in [0.15, 0.2) is 0 Å². The maximum absolute atomic E-state index is 16.2. The van der Waals surface area contributed by atoms with Crippen molar-refractivity contribution in [2.45, 2.75) is 77.4 Å². The van der Waals surface area contributed by atoms with E-state index in [1.54, 1.807) is 19.5 Å². The summed E-state index contributed by atoms with van der Waals surface area (Å²) in [7, 11) is 2.99. The first kappa shape index (κ1) is 49.4. The van der Waals surface area contributed by atoms with Gasteiger partial charge in [0.25, 0.3) is 5.91 Å². The Morgan fingerprint density at radius 1 is 1.04 bits per heavy atom. The van der Waals surface area contributed by atoms with E-state index in [0.717, 1.165) is 28.6 Å². The van der Waals surface area contributed by atoms with Gasteiger partial charge in [-0.25, -0.2) is 13.8 Å². The maximum atomic E-state index is 16.2. The predicted octanol–water partition coefficient (Wildman–Crippen LogP) is 9.46. The second kappa shape index (κ2) is 20.0. The van der Waals surface area contributed by atoms with E-state index < -0.39 is 52.3 Å². The van der Waals surface area contributed by atoms with Crippen LogP contribution in [-0.2, 0) is 16.8 Å².